The molecule has 7 heteroatoms. The Labute approximate surface area is 141 Å². The minimum atomic E-state index is -1.11. The predicted octanol–water partition coefficient (Wildman–Crippen LogP) is 3.38. The highest BCUT2D eigenvalue weighted by Crippen LogP contribution is 2.35. The molecule has 1 aromatic carbocycles. The molecule has 0 saturated heterocycles. The first-order chi connectivity index (χ1) is 11.6. The van der Waals surface area contributed by atoms with Gasteiger partial charge in [-0.15, -0.1) is 0 Å². The van der Waals surface area contributed by atoms with Crippen molar-refractivity contribution in [3.63, 3.8) is 0 Å². The Kier molecular flexibility index (Phi) is 5.82. The summed E-state index contributed by atoms with van der Waals surface area (Å²) >= 11 is 0. The lowest BCUT2D eigenvalue weighted by atomic mass is 9.90. The van der Waals surface area contributed by atoms with Crippen LogP contribution in [-0.2, 0) is 20.7 Å². The fraction of sp³-hybridized carbons (Fsp3) is 0.529. The van der Waals surface area contributed by atoms with Crippen molar-refractivity contribution in [2.45, 2.75) is 45.1 Å². The molecule has 0 saturated carbocycles. The molecule has 0 aliphatic carbocycles. The predicted molar refractivity (Wildman–Crippen MR) is 90.5 cm³/mol. The van der Waals surface area contributed by atoms with Gasteiger partial charge in [0.1, 0.15) is 5.54 Å². The monoisotopic (exact) mass is 330 g/mol. The fourth-order valence-corrected chi connectivity index (χ4v) is 3.03. The first kappa shape index (κ1) is 17.8. The van der Waals surface area contributed by atoms with Gasteiger partial charge in [-0.1, -0.05) is 30.2 Å². The van der Waals surface area contributed by atoms with Gasteiger partial charge >= 0.3 is 5.97 Å². The molecule has 0 spiro atoms. The van der Waals surface area contributed by atoms with Crippen molar-refractivity contribution in [3.8, 4) is 0 Å². The number of anilines is 1. The number of aryl methyl sites for hydroxylation is 1. The van der Waals surface area contributed by atoms with E-state index < -0.39 is 5.54 Å². The molecule has 1 aromatic rings. The average Bonchev–Trinajstić information content (AvgIpc) is 2.70. The highest BCUT2D eigenvalue weighted by molar-refractivity contribution is 6.02. The average molecular weight is 330 g/mol. The number of nitrogens with zero attached hydrogens (tertiary/aromatic N) is 4. The summed E-state index contributed by atoms with van der Waals surface area (Å²) in [7, 11) is 0. The van der Waals surface area contributed by atoms with Gasteiger partial charge in [-0.2, -0.15) is 0 Å². The smallest absolute Gasteiger partial charge is 0.307 e. The van der Waals surface area contributed by atoms with Gasteiger partial charge in [0.25, 0.3) is 0 Å². The van der Waals surface area contributed by atoms with E-state index in [4.69, 9.17) is 10.3 Å². The molecule has 7 nitrogen and oxygen atoms in total. The maximum Gasteiger partial charge on any atom is 0.307 e. The quantitative estimate of drug-likeness (QED) is 0.346. The zero-order valence-electron chi connectivity index (χ0n) is 14.1. The topological polar surface area (TPSA) is 95.4 Å². The van der Waals surface area contributed by atoms with Crippen molar-refractivity contribution < 1.29 is 14.3 Å². The molecule has 1 atom stereocenters. The summed E-state index contributed by atoms with van der Waals surface area (Å²) in [6.45, 7) is 4.10. The van der Waals surface area contributed by atoms with Gasteiger partial charge in [0.05, 0.1) is 13.0 Å². The van der Waals surface area contributed by atoms with Crippen molar-refractivity contribution in [2.24, 2.45) is 5.11 Å². The maximum absolute atomic E-state index is 13.1. The van der Waals surface area contributed by atoms with Gasteiger partial charge in [0.2, 0.25) is 5.91 Å². The Balaban J connectivity index is 2.38. The molecule has 0 N–H and O–H groups in total. The molecule has 1 amide bonds. The number of para-hydroxylation sites is 1. The number of rotatable bonds is 6. The van der Waals surface area contributed by atoms with Crippen LogP contribution in [0.5, 0.6) is 0 Å². The van der Waals surface area contributed by atoms with Crippen LogP contribution in [0.25, 0.3) is 10.4 Å². The number of carbonyl (C=O) groups is 2. The van der Waals surface area contributed by atoms with Crippen LogP contribution < -0.4 is 4.90 Å². The number of carbonyl (C=O) groups excluding carboxylic acids is 2. The maximum atomic E-state index is 13.1. The van der Waals surface area contributed by atoms with Crippen LogP contribution in [0.4, 0.5) is 5.69 Å². The molecule has 24 heavy (non-hydrogen) atoms. The molecule has 1 heterocycles. The van der Waals surface area contributed by atoms with E-state index in [1.807, 2.05) is 31.2 Å². The van der Waals surface area contributed by atoms with E-state index in [0.29, 0.717) is 25.9 Å². The second-order valence-corrected chi connectivity index (χ2v) is 5.72. The zero-order chi connectivity index (χ0) is 17.6. The third-order valence-electron chi connectivity index (χ3n) is 4.40. The lowest BCUT2D eigenvalue weighted by molar-refractivity contribution is -0.142. The van der Waals surface area contributed by atoms with E-state index in [-0.39, 0.29) is 24.8 Å². The lowest BCUT2D eigenvalue weighted by Gasteiger charge is -2.30. The van der Waals surface area contributed by atoms with Gasteiger partial charge < -0.3 is 9.64 Å². The van der Waals surface area contributed by atoms with Gasteiger partial charge in [-0.3, -0.25) is 9.59 Å². The second kappa shape index (κ2) is 7.84. The molecule has 0 bridgehead atoms. The van der Waals surface area contributed by atoms with Crippen molar-refractivity contribution >= 4 is 17.6 Å². The van der Waals surface area contributed by atoms with E-state index in [2.05, 4.69) is 10.0 Å². The van der Waals surface area contributed by atoms with Crippen LogP contribution in [0.2, 0.25) is 0 Å². The molecule has 0 radical (unpaired) electrons. The Hall–Kier alpha value is -2.53. The molecule has 1 aliphatic rings. The number of hydrogen-bond acceptors (Lipinski definition) is 4. The zero-order valence-corrected chi connectivity index (χ0v) is 14.1. The van der Waals surface area contributed by atoms with E-state index in [0.717, 1.165) is 11.3 Å². The number of benzene rings is 1. The normalized spacial score (nSPS) is 19.9. The summed E-state index contributed by atoms with van der Waals surface area (Å²) in [5.41, 5.74) is 9.61. The Morgan fingerprint density at radius 3 is 2.83 bits per heavy atom. The first-order valence-electron chi connectivity index (χ1n) is 8.19. The van der Waals surface area contributed by atoms with E-state index >= 15 is 0 Å². The molecule has 0 fully saturated rings. The number of hydrogen-bond donors (Lipinski definition) is 0. The van der Waals surface area contributed by atoms with Crippen LogP contribution in [-0.4, -0.2) is 30.6 Å². The summed E-state index contributed by atoms with van der Waals surface area (Å²) in [6, 6.07) is 7.59. The Bertz CT molecular complexity index is 670. The number of amides is 1. The van der Waals surface area contributed by atoms with Gasteiger partial charge in [-0.25, -0.2) is 0 Å². The minimum absolute atomic E-state index is 0.101. The van der Waals surface area contributed by atoms with Crippen LogP contribution in [0.15, 0.2) is 29.4 Å². The molecule has 1 aliphatic heterocycles. The van der Waals surface area contributed by atoms with Crippen LogP contribution in [0.1, 0.15) is 38.7 Å². The van der Waals surface area contributed by atoms with Gasteiger partial charge in [0.15, 0.2) is 0 Å². The number of esters is 1. The highest BCUT2D eigenvalue weighted by atomic mass is 16.5. The molecular formula is C17H22N4O3. The lowest BCUT2D eigenvalue weighted by Crippen LogP contribution is -2.47. The minimum Gasteiger partial charge on any atom is -0.466 e. The summed E-state index contributed by atoms with van der Waals surface area (Å²) in [4.78, 5) is 29.3. The van der Waals surface area contributed by atoms with Crippen molar-refractivity contribution in [3.05, 3.63) is 40.3 Å². The second-order valence-electron chi connectivity index (χ2n) is 5.72. The van der Waals surface area contributed by atoms with Gasteiger partial charge in [0, 0.05) is 17.1 Å². The van der Waals surface area contributed by atoms with Crippen LogP contribution in [0.3, 0.4) is 0 Å². The SMILES string of the molecule is CCOC(=O)CCN1C(=O)C(CC)(N=[N+]=[N-])CCc2ccccc21. The molecule has 128 valence electrons. The Morgan fingerprint density at radius 2 is 2.17 bits per heavy atom. The summed E-state index contributed by atoms with van der Waals surface area (Å²) in [5.74, 6) is -0.602. The third kappa shape index (κ3) is 3.51. The summed E-state index contributed by atoms with van der Waals surface area (Å²) < 4.78 is 4.95. The van der Waals surface area contributed by atoms with Gasteiger partial charge in [-0.05, 0) is 43.3 Å². The Morgan fingerprint density at radius 1 is 1.42 bits per heavy atom. The van der Waals surface area contributed by atoms with Crippen molar-refractivity contribution in [1.29, 1.82) is 0 Å². The molecule has 1 unspecified atom stereocenters. The highest BCUT2D eigenvalue weighted by Gasteiger charge is 2.42. The summed E-state index contributed by atoms with van der Waals surface area (Å²) in [6.07, 6.45) is 1.62. The van der Waals surface area contributed by atoms with E-state index in [1.54, 1.807) is 11.8 Å². The van der Waals surface area contributed by atoms with E-state index in [9.17, 15) is 9.59 Å². The summed E-state index contributed by atoms with van der Waals surface area (Å²) in [5, 5.41) is 3.84. The number of fused-ring (bicyclic) bond motifs is 1. The third-order valence-corrected chi connectivity index (χ3v) is 4.40. The van der Waals surface area contributed by atoms with Crippen molar-refractivity contribution in [1.82, 2.24) is 0 Å². The standard InChI is InChI=1S/C17H22N4O3/c1-3-17(19-20-18)11-9-13-7-5-6-8-14(13)21(16(17)23)12-10-15(22)24-4-2/h5-8H,3-4,9-12H2,1-2H3. The van der Waals surface area contributed by atoms with Crippen LogP contribution >= 0.6 is 0 Å². The molecule has 2 rings (SSSR count). The largest absolute Gasteiger partial charge is 0.466 e. The van der Waals surface area contributed by atoms with E-state index in [1.165, 1.54) is 0 Å². The number of ether oxygens (including phenoxy) is 1. The van der Waals surface area contributed by atoms with Crippen LogP contribution in [0, 0.1) is 0 Å². The number of azide groups is 1. The fourth-order valence-electron chi connectivity index (χ4n) is 3.03. The molecule has 0 aromatic heterocycles. The van der Waals surface area contributed by atoms with Crippen molar-refractivity contribution in [2.75, 3.05) is 18.1 Å². The first-order valence-corrected chi connectivity index (χ1v) is 8.19. The molecular weight excluding hydrogens is 308 g/mol.